The molecule has 0 aliphatic carbocycles. The van der Waals surface area contributed by atoms with Gasteiger partial charge >= 0.3 is 23.9 Å². The molecule has 12 nitrogen and oxygen atoms in total. The molecule has 0 bridgehead atoms. The second kappa shape index (κ2) is 17.1. The van der Waals surface area contributed by atoms with Crippen molar-refractivity contribution < 1.29 is 45.9 Å². The fraction of sp³-hybridized carbons (Fsp3) is 0.0811. The van der Waals surface area contributed by atoms with E-state index in [9.17, 15) is 24.4 Å². The molecule has 0 spiro atoms. The van der Waals surface area contributed by atoms with Gasteiger partial charge in [0.15, 0.2) is 40.6 Å². The van der Waals surface area contributed by atoms with Gasteiger partial charge in [0, 0.05) is 17.7 Å². The third-order valence-corrected chi connectivity index (χ3v) is 8.50. The van der Waals surface area contributed by atoms with Gasteiger partial charge in [0.25, 0.3) is 0 Å². The number of nitriles is 1. The molecule has 256 valence electrons. The SMILES string of the molecule is C=CC(=O)OCC(COc1ccc(C(=O)Oc2ccc(OC(=O)c3ccc(OI)cc3)c3sc(-c4ccc(C#N)cc4)nc23)cc1)OC(=O)C=C. The van der Waals surface area contributed by atoms with E-state index in [1.165, 1.54) is 47.7 Å². The first-order valence-corrected chi connectivity index (χ1v) is 16.5. The minimum atomic E-state index is -0.933. The number of aromatic nitrogens is 1. The topological polar surface area (TPSA) is 160 Å². The molecule has 0 aliphatic rings. The van der Waals surface area contributed by atoms with E-state index in [1.54, 1.807) is 71.5 Å². The zero-order valence-electron chi connectivity index (χ0n) is 26.4. The van der Waals surface area contributed by atoms with Crippen LogP contribution in [0.4, 0.5) is 0 Å². The van der Waals surface area contributed by atoms with Gasteiger partial charge in [0.2, 0.25) is 0 Å². The van der Waals surface area contributed by atoms with Crippen LogP contribution in [0.5, 0.6) is 23.0 Å². The average molecular weight is 817 g/mol. The van der Waals surface area contributed by atoms with Gasteiger partial charge in [-0.1, -0.05) is 25.3 Å². The van der Waals surface area contributed by atoms with Gasteiger partial charge < -0.3 is 26.8 Å². The maximum absolute atomic E-state index is 13.3. The second-order valence-electron chi connectivity index (χ2n) is 10.3. The molecular formula is C37H25IN2O10S. The van der Waals surface area contributed by atoms with Crippen LogP contribution in [0.1, 0.15) is 26.3 Å². The number of rotatable bonds is 14. The first-order chi connectivity index (χ1) is 24.7. The zero-order valence-corrected chi connectivity index (χ0v) is 29.4. The minimum absolute atomic E-state index is 0.121. The number of hydrogen-bond donors (Lipinski definition) is 0. The second-order valence-corrected chi connectivity index (χ2v) is 11.7. The van der Waals surface area contributed by atoms with E-state index in [1.807, 2.05) is 0 Å². The van der Waals surface area contributed by atoms with Gasteiger partial charge in [-0.25, -0.2) is 24.2 Å². The van der Waals surface area contributed by atoms with Gasteiger partial charge in [0.05, 0.1) is 22.8 Å². The Balaban J connectivity index is 1.35. The highest BCUT2D eigenvalue weighted by Gasteiger charge is 2.21. The predicted molar refractivity (Wildman–Crippen MR) is 194 cm³/mol. The monoisotopic (exact) mass is 816 g/mol. The van der Waals surface area contributed by atoms with Crippen LogP contribution in [-0.4, -0.2) is 48.2 Å². The fourth-order valence-electron chi connectivity index (χ4n) is 4.33. The number of hydrogen-bond acceptors (Lipinski definition) is 13. The summed E-state index contributed by atoms with van der Waals surface area (Å²) in [6, 6.07) is 24.3. The summed E-state index contributed by atoms with van der Waals surface area (Å²) in [7, 11) is 0. The first kappa shape index (κ1) is 36.2. The molecule has 0 fully saturated rings. The van der Waals surface area contributed by atoms with Gasteiger partial charge in [-0.05, 0) is 72.8 Å². The van der Waals surface area contributed by atoms with E-state index in [4.69, 9.17) is 31.7 Å². The summed E-state index contributed by atoms with van der Waals surface area (Å²) in [5.74, 6) is -1.50. The fourth-order valence-corrected chi connectivity index (χ4v) is 5.66. The van der Waals surface area contributed by atoms with Crippen LogP contribution >= 0.6 is 34.3 Å². The molecule has 0 radical (unpaired) electrons. The van der Waals surface area contributed by atoms with E-state index in [-0.39, 0.29) is 35.8 Å². The first-order valence-electron chi connectivity index (χ1n) is 14.8. The van der Waals surface area contributed by atoms with Crippen molar-refractivity contribution in [1.82, 2.24) is 4.98 Å². The maximum Gasteiger partial charge on any atom is 0.343 e. The largest absolute Gasteiger partial charge is 0.490 e. The van der Waals surface area contributed by atoms with Crippen LogP contribution in [0.3, 0.4) is 0 Å². The van der Waals surface area contributed by atoms with Gasteiger partial charge in [0.1, 0.15) is 39.9 Å². The van der Waals surface area contributed by atoms with E-state index < -0.39 is 30.0 Å². The summed E-state index contributed by atoms with van der Waals surface area (Å²) >= 11 is 2.96. The van der Waals surface area contributed by atoms with Crippen LogP contribution in [0, 0.1) is 11.3 Å². The van der Waals surface area contributed by atoms with Crippen LogP contribution in [0.2, 0.25) is 0 Å². The molecule has 0 N–H and O–H groups in total. The molecule has 14 heteroatoms. The van der Waals surface area contributed by atoms with E-state index in [0.717, 1.165) is 12.2 Å². The van der Waals surface area contributed by atoms with Crippen molar-refractivity contribution in [3.8, 4) is 39.6 Å². The third-order valence-electron chi connectivity index (χ3n) is 6.87. The summed E-state index contributed by atoms with van der Waals surface area (Å²) in [6.45, 7) is 6.24. The Morgan fingerprint density at radius 1 is 0.784 bits per heavy atom. The van der Waals surface area contributed by atoms with Gasteiger partial charge in [-0.3, -0.25) is 0 Å². The summed E-state index contributed by atoms with van der Waals surface area (Å²) in [6.07, 6.45) is 1.02. The molecule has 0 aliphatic heterocycles. The number of carbonyl (C=O) groups is 4. The van der Waals surface area contributed by atoms with Crippen molar-refractivity contribution in [2.24, 2.45) is 0 Å². The van der Waals surface area contributed by atoms with Crippen LogP contribution in [-0.2, 0) is 19.1 Å². The molecular weight excluding hydrogens is 791 g/mol. The van der Waals surface area contributed by atoms with Crippen molar-refractivity contribution in [2.75, 3.05) is 13.2 Å². The Kier molecular flexibility index (Phi) is 12.1. The number of halogens is 1. The lowest BCUT2D eigenvalue weighted by Gasteiger charge is -2.17. The number of fused-ring (bicyclic) bond motifs is 1. The molecule has 5 rings (SSSR count). The average Bonchev–Trinajstić information content (AvgIpc) is 3.63. The third kappa shape index (κ3) is 9.35. The van der Waals surface area contributed by atoms with E-state index >= 15 is 0 Å². The standard InChI is InChI=1S/C37H25IN2O10S/c1-3-31(41)46-21-28(47-32(42)4-2)20-45-26-13-9-24(10-14-26)36(43)48-29-17-18-30(49-37(44)25-11-15-27(50-38)16-12-25)34-33(29)40-35(51-34)23-7-5-22(19-39)6-8-23/h3-18,28H,1-2,20-21H2. The normalized spacial score (nSPS) is 11.0. The van der Waals surface area contributed by atoms with Crippen molar-refractivity contribution in [3.05, 3.63) is 127 Å². The number of thiazole rings is 1. The Bertz CT molecular complexity index is 2140. The van der Waals surface area contributed by atoms with Crippen LogP contribution in [0.15, 0.2) is 110 Å². The Hall–Kier alpha value is -6.05. The quantitative estimate of drug-likeness (QED) is 0.0481. The summed E-state index contributed by atoms with van der Waals surface area (Å²) < 4.78 is 32.9. The Morgan fingerprint density at radius 2 is 1.37 bits per heavy atom. The Morgan fingerprint density at radius 3 is 1.96 bits per heavy atom. The van der Waals surface area contributed by atoms with Crippen molar-refractivity contribution >= 4 is 68.4 Å². The van der Waals surface area contributed by atoms with Gasteiger partial charge in [-0.2, -0.15) is 5.26 Å². The highest BCUT2D eigenvalue weighted by Crippen LogP contribution is 2.41. The Labute approximate surface area is 309 Å². The molecule has 1 atom stereocenters. The zero-order chi connectivity index (χ0) is 36.3. The van der Waals surface area contributed by atoms with Crippen LogP contribution < -0.4 is 17.3 Å². The number of nitrogens with zero attached hydrogens (tertiary/aromatic N) is 2. The summed E-state index contributed by atoms with van der Waals surface area (Å²) in [5, 5.41) is 9.74. The van der Waals surface area contributed by atoms with Crippen molar-refractivity contribution in [2.45, 2.75) is 6.10 Å². The van der Waals surface area contributed by atoms with Crippen molar-refractivity contribution in [1.29, 1.82) is 5.26 Å². The number of benzene rings is 4. The lowest BCUT2D eigenvalue weighted by Crippen LogP contribution is -2.30. The number of esters is 4. The smallest absolute Gasteiger partial charge is 0.343 e. The maximum atomic E-state index is 13.3. The van der Waals surface area contributed by atoms with Crippen LogP contribution in [0.25, 0.3) is 20.8 Å². The molecule has 0 saturated heterocycles. The van der Waals surface area contributed by atoms with Gasteiger partial charge in [-0.15, -0.1) is 11.3 Å². The highest BCUT2D eigenvalue weighted by molar-refractivity contribution is 14.1. The minimum Gasteiger partial charge on any atom is -0.490 e. The lowest BCUT2D eigenvalue weighted by molar-refractivity contribution is -0.154. The molecule has 1 unspecified atom stereocenters. The molecule has 1 aromatic heterocycles. The molecule has 0 saturated carbocycles. The molecule has 0 amide bonds. The van der Waals surface area contributed by atoms with Crippen molar-refractivity contribution in [3.63, 3.8) is 0 Å². The predicted octanol–water partition coefficient (Wildman–Crippen LogP) is 7.21. The summed E-state index contributed by atoms with van der Waals surface area (Å²) in [5.41, 5.74) is 1.94. The molecule has 4 aromatic carbocycles. The molecule has 5 aromatic rings. The van der Waals surface area contributed by atoms with E-state index in [0.29, 0.717) is 37.9 Å². The molecule has 51 heavy (non-hydrogen) atoms. The summed E-state index contributed by atoms with van der Waals surface area (Å²) in [4.78, 5) is 54.2. The highest BCUT2D eigenvalue weighted by atomic mass is 127. The van der Waals surface area contributed by atoms with E-state index in [2.05, 4.69) is 19.2 Å². The molecule has 1 heterocycles. The number of ether oxygens (including phenoxy) is 5. The number of carbonyl (C=O) groups excluding carboxylic acids is 4. The lowest BCUT2D eigenvalue weighted by atomic mass is 10.1.